The molecular weight excluding hydrogens is 384 g/mol. The van der Waals surface area contributed by atoms with Crippen molar-refractivity contribution in [2.45, 2.75) is 17.4 Å². The summed E-state index contributed by atoms with van der Waals surface area (Å²) in [6.45, 7) is 2.10. The fraction of sp³-hybridized carbons (Fsp3) is 0.316. The van der Waals surface area contributed by atoms with E-state index in [0.29, 0.717) is 25.1 Å². The Kier molecular flexibility index (Phi) is 6.36. The summed E-state index contributed by atoms with van der Waals surface area (Å²) in [6, 6.07) is 9.43. The number of carbonyl (C=O) groups is 2. The van der Waals surface area contributed by atoms with Gasteiger partial charge in [0, 0.05) is 54.7 Å². The number of benzene rings is 1. The summed E-state index contributed by atoms with van der Waals surface area (Å²) >= 11 is 1.64. The van der Waals surface area contributed by atoms with E-state index in [0.717, 1.165) is 28.4 Å². The summed E-state index contributed by atoms with van der Waals surface area (Å²) in [7, 11) is 0. The summed E-state index contributed by atoms with van der Waals surface area (Å²) in [5, 5.41) is 6.26. The number of carbonyl (C=O) groups excluding carboxylic acids is 2. The van der Waals surface area contributed by atoms with Gasteiger partial charge in [0.05, 0.1) is 11.7 Å². The highest BCUT2D eigenvalue weighted by Crippen LogP contribution is 2.32. The predicted octanol–water partition coefficient (Wildman–Crippen LogP) is 2.72. The number of nitrogens with one attached hydrogen (secondary N) is 2. The smallest absolute Gasteiger partial charge is 0.254 e. The summed E-state index contributed by atoms with van der Waals surface area (Å²) in [4.78, 5) is 32.1. The summed E-state index contributed by atoms with van der Waals surface area (Å²) in [6.07, 6.45) is 4.04. The highest BCUT2D eigenvalue weighted by molar-refractivity contribution is 7.99. The minimum atomic E-state index is -0.0484. The van der Waals surface area contributed by atoms with Gasteiger partial charge in [-0.25, -0.2) is 0 Å². The molecule has 27 heavy (non-hydrogen) atoms. The zero-order valence-corrected chi connectivity index (χ0v) is 16.3. The van der Waals surface area contributed by atoms with Crippen LogP contribution in [0.25, 0.3) is 0 Å². The fourth-order valence-corrected chi connectivity index (χ4v) is 4.27. The Hall–Kier alpha value is -2.09. The SMILES string of the molecule is Cl.O=C1CCSc2ccc(C(=O)N3CCNCC3c3cccnc3)cc2N1. The van der Waals surface area contributed by atoms with Crippen LogP contribution >= 0.6 is 24.2 Å². The molecule has 2 aliphatic rings. The molecule has 2 amide bonds. The van der Waals surface area contributed by atoms with Crippen LogP contribution in [0.1, 0.15) is 28.4 Å². The van der Waals surface area contributed by atoms with Crippen molar-refractivity contribution in [2.24, 2.45) is 0 Å². The van der Waals surface area contributed by atoms with Crippen LogP contribution in [0.15, 0.2) is 47.6 Å². The molecule has 0 spiro atoms. The van der Waals surface area contributed by atoms with Crippen molar-refractivity contribution in [3.8, 4) is 0 Å². The number of anilines is 1. The maximum Gasteiger partial charge on any atom is 0.254 e. The molecule has 6 nitrogen and oxygen atoms in total. The summed E-state index contributed by atoms with van der Waals surface area (Å²) in [5.41, 5.74) is 2.35. The van der Waals surface area contributed by atoms with Crippen LogP contribution in [-0.4, -0.2) is 47.1 Å². The number of fused-ring (bicyclic) bond motifs is 1. The third kappa shape index (κ3) is 4.26. The number of amides is 2. The lowest BCUT2D eigenvalue weighted by Crippen LogP contribution is -2.48. The number of halogens is 1. The van der Waals surface area contributed by atoms with Gasteiger partial charge in [0.1, 0.15) is 0 Å². The van der Waals surface area contributed by atoms with Gasteiger partial charge in [-0.15, -0.1) is 24.2 Å². The quantitative estimate of drug-likeness (QED) is 0.805. The monoisotopic (exact) mass is 404 g/mol. The standard InChI is InChI=1S/C19H20N4O2S.ClH/c24-18-5-9-26-17-4-3-13(10-15(17)22-18)19(25)23-8-7-21-12-16(23)14-2-1-6-20-11-14;/h1-4,6,10-11,16,21H,5,7-9,12H2,(H,22,24);1H. The molecule has 0 bridgehead atoms. The van der Waals surface area contributed by atoms with Crippen molar-refractivity contribution in [3.05, 3.63) is 53.9 Å². The predicted molar refractivity (Wildman–Crippen MR) is 109 cm³/mol. The Morgan fingerprint density at radius 2 is 2.19 bits per heavy atom. The first-order chi connectivity index (χ1) is 12.7. The topological polar surface area (TPSA) is 74.3 Å². The summed E-state index contributed by atoms with van der Waals surface area (Å²) < 4.78 is 0. The molecular formula is C19H21ClN4O2S. The van der Waals surface area contributed by atoms with Crippen LogP contribution in [0.5, 0.6) is 0 Å². The number of thioether (sulfide) groups is 1. The molecule has 0 aliphatic carbocycles. The molecule has 0 radical (unpaired) electrons. The van der Waals surface area contributed by atoms with Crippen molar-refractivity contribution < 1.29 is 9.59 Å². The van der Waals surface area contributed by atoms with E-state index in [1.165, 1.54) is 0 Å². The number of nitrogens with zero attached hydrogens (tertiary/aromatic N) is 2. The normalized spacial score (nSPS) is 19.3. The third-order valence-corrected chi connectivity index (χ3v) is 5.74. The van der Waals surface area contributed by atoms with E-state index in [1.807, 2.05) is 35.4 Å². The van der Waals surface area contributed by atoms with Crippen LogP contribution < -0.4 is 10.6 Å². The minimum Gasteiger partial charge on any atom is -0.329 e. The van der Waals surface area contributed by atoms with Crippen LogP contribution in [0.3, 0.4) is 0 Å². The molecule has 1 saturated heterocycles. The Labute approximate surface area is 168 Å². The van der Waals surface area contributed by atoms with Gasteiger partial charge >= 0.3 is 0 Å². The van der Waals surface area contributed by atoms with E-state index >= 15 is 0 Å². The molecule has 8 heteroatoms. The molecule has 2 aromatic rings. The first-order valence-electron chi connectivity index (χ1n) is 8.71. The van der Waals surface area contributed by atoms with Crippen LogP contribution in [0.2, 0.25) is 0 Å². The molecule has 1 fully saturated rings. The van der Waals surface area contributed by atoms with Crippen molar-refractivity contribution in [1.29, 1.82) is 0 Å². The van der Waals surface area contributed by atoms with E-state index < -0.39 is 0 Å². The molecule has 2 aliphatic heterocycles. The Morgan fingerprint density at radius 3 is 3.00 bits per heavy atom. The number of aromatic nitrogens is 1. The minimum absolute atomic E-state index is 0. The largest absolute Gasteiger partial charge is 0.329 e. The van der Waals surface area contributed by atoms with Crippen LogP contribution in [0, 0.1) is 0 Å². The lowest BCUT2D eigenvalue weighted by Gasteiger charge is -2.36. The van der Waals surface area contributed by atoms with E-state index in [9.17, 15) is 9.59 Å². The fourth-order valence-electron chi connectivity index (χ4n) is 3.34. The number of rotatable bonds is 2. The molecule has 1 aromatic carbocycles. The number of hydrogen-bond donors (Lipinski definition) is 2. The zero-order chi connectivity index (χ0) is 17.9. The van der Waals surface area contributed by atoms with Gasteiger partial charge in [-0.2, -0.15) is 0 Å². The Morgan fingerprint density at radius 1 is 1.30 bits per heavy atom. The molecule has 1 unspecified atom stereocenters. The van der Waals surface area contributed by atoms with Gasteiger partial charge in [0.25, 0.3) is 5.91 Å². The van der Waals surface area contributed by atoms with E-state index in [4.69, 9.17) is 0 Å². The Balaban J connectivity index is 0.00000210. The Bertz CT molecular complexity index is 834. The number of hydrogen-bond acceptors (Lipinski definition) is 5. The molecule has 142 valence electrons. The molecule has 4 rings (SSSR count). The highest BCUT2D eigenvalue weighted by Gasteiger charge is 2.29. The van der Waals surface area contributed by atoms with Crippen LogP contribution in [-0.2, 0) is 4.79 Å². The highest BCUT2D eigenvalue weighted by atomic mass is 35.5. The summed E-state index contributed by atoms with van der Waals surface area (Å²) in [5.74, 6) is 0.732. The lowest BCUT2D eigenvalue weighted by atomic mass is 10.0. The molecule has 3 heterocycles. The van der Waals surface area contributed by atoms with Crippen LogP contribution in [0.4, 0.5) is 5.69 Å². The van der Waals surface area contributed by atoms with E-state index in [-0.39, 0.29) is 30.3 Å². The number of piperazine rings is 1. The van der Waals surface area contributed by atoms with Gasteiger partial charge in [-0.3, -0.25) is 14.6 Å². The van der Waals surface area contributed by atoms with Crippen molar-refractivity contribution in [2.75, 3.05) is 30.7 Å². The van der Waals surface area contributed by atoms with Gasteiger partial charge in [0.15, 0.2) is 0 Å². The third-order valence-electron chi connectivity index (χ3n) is 4.66. The van der Waals surface area contributed by atoms with Crippen molar-refractivity contribution in [3.63, 3.8) is 0 Å². The van der Waals surface area contributed by atoms with Gasteiger partial charge in [-0.1, -0.05) is 6.07 Å². The van der Waals surface area contributed by atoms with Crippen molar-refractivity contribution in [1.82, 2.24) is 15.2 Å². The first-order valence-corrected chi connectivity index (χ1v) is 9.69. The molecule has 2 N–H and O–H groups in total. The second-order valence-corrected chi connectivity index (χ2v) is 7.50. The zero-order valence-electron chi connectivity index (χ0n) is 14.7. The van der Waals surface area contributed by atoms with Gasteiger partial charge < -0.3 is 15.5 Å². The average Bonchev–Trinajstić information content (AvgIpc) is 2.88. The maximum absolute atomic E-state index is 13.2. The first kappa shape index (κ1) is 19.7. The number of pyridine rings is 1. The van der Waals surface area contributed by atoms with E-state index in [1.54, 1.807) is 24.0 Å². The molecule has 1 atom stereocenters. The van der Waals surface area contributed by atoms with E-state index in [2.05, 4.69) is 15.6 Å². The van der Waals surface area contributed by atoms with Gasteiger partial charge in [0.2, 0.25) is 5.91 Å². The van der Waals surface area contributed by atoms with Gasteiger partial charge in [-0.05, 0) is 29.8 Å². The van der Waals surface area contributed by atoms with Crippen molar-refractivity contribution >= 4 is 41.7 Å². The molecule has 0 saturated carbocycles. The maximum atomic E-state index is 13.2. The second-order valence-electron chi connectivity index (χ2n) is 6.36. The lowest BCUT2D eigenvalue weighted by molar-refractivity contribution is -0.115. The second kappa shape index (κ2) is 8.73. The molecule has 1 aromatic heterocycles. The average molecular weight is 405 g/mol.